The van der Waals surface area contributed by atoms with E-state index in [-0.39, 0.29) is 24.2 Å². The molecule has 5 nitrogen and oxygen atoms in total. The topological polar surface area (TPSA) is 50.8 Å². The Kier molecular flexibility index (Phi) is 5.89. The van der Waals surface area contributed by atoms with Crippen LogP contribution in [0.4, 0.5) is 5.69 Å². The maximum absolute atomic E-state index is 13.6. The van der Waals surface area contributed by atoms with E-state index in [1.807, 2.05) is 48.5 Å². The highest BCUT2D eigenvalue weighted by molar-refractivity contribution is 9.10. The number of carbonyl (C=O) groups excluding carboxylic acids is 1. The largest absolute Gasteiger partial charge is 0.454 e. The normalized spacial score (nSPS) is 26.5. The first-order valence-electron chi connectivity index (χ1n) is 10.7. The third kappa shape index (κ3) is 4.17. The summed E-state index contributed by atoms with van der Waals surface area (Å²) in [5.74, 6) is 2.03. The molecule has 1 N–H and O–H groups in total. The van der Waals surface area contributed by atoms with E-state index in [1.54, 1.807) is 11.8 Å². The first kappa shape index (κ1) is 20.8. The number of anilines is 1. The van der Waals surface area contributed by atoms with Crippen LogP contribution in [-0.2, 0) is 4.79 Å². The van der Waals surface area contributed by atoms with Gasteiger partial charge in [0.1, 0.15) is 0 Å². The standard InChI is InChI=1S/C24H25BrN2O3S/c1-15-7-5-6-10-19(15)27-23(28)22(31-24(27)26-17-8-3-2-4-9-17)12-16-11-20-21(13-18(16)25)30-14-29-20/h2-4,8-9,11-13,15,19,24,26H,5-7,10,14H2,1H3/b22-12-/t15-,19-,24?/m1/s1. The zero-order valence-electron chi connectivity index (χ0n) is 17.3. The lowest BCUT2D eigenvalue weighted by atomic mass is 9.85. The van der Waals surface area contributed by atoms with Gasteiger partial charge in [0.2, 0.25) is 6.79 Å². The Labute approximate surface area is 195 Å². The molecular weight excluding hydrogens is 476 g/mol. The van der Waals surface area contributed by atoms with Crippen LogP contribution in [0.25, 0.3) is 6.08 Å². The Balaban J connectivity index is 1.48. The maximum Gasteiger partial charge on any atom is 0.262 e. The fraction of sp³-hybridized carbons (Fsp3) is 0.375. The number of thioether (sulfide) groups is 1. The molecule has 7 heteroatoms. The van der Waals surface area contributed by atoms with Crippen molar-refractivity contribution >= 4 is 45.4 Å². The number of benzene rings is 2. The number of hydrogen-bond acceptors (Lipinski definition) is 5. The zero-order chi connectivity index (χ0) is 21.4. The number of carbonyl (C=O) groups is 1. The van der Waals surface area contributed by atoms with E-state index in [9.17, 15) is 4.79 Å². The molecule has 5 rings (SSSR count). The van der Waals surface area contributed by atoms with Crippen molar-refractivity contribution in [1.82, 2.24) is 4.90 Å². The summed E-state index contributed by atoms with van der Waals surface area (Å²) in [6.45, 7) is 2.50. The van der Waals surface area contributed by atoms with Crippen molar-refractivity contribution < 1.29 is 14.3 Å². The molecule has 2 aromatic rings. The molecule has 1 aliphatic carbocycles. The minimum absolute atomic E-state index is 0.0988. The van der Waals surface area contributed by atoms with Gasteiger partial charge in [-0.05, 0) is 54.7 Å². The molecule has 2 aromatic carbocycles. The number of nitrogens with zero attached hydrogens (tertiary/aromatic N) is 1. The van der Waals surface area contributed by atoms with Crippen LogP contribution in [0, 0.1) is 5.92 Å². The van der Waals surface area contributed by atoms with Crippen molar-refractivity contribution in [1.29, 1.82) is 0 Å². The number of halogens is 1. The molecular formula is C24H25BrN2O3S. The van der Waals surface area contributed by atoms with E-state index in [0.29, 0.717) is 11.7 Å². The van der Waals surface area contributed by atoms with Gasteiger partial charge in [0, 0.05) is 16.2 Å². The van der Waals surface area contributed by atoms with Crippen LogP contribution in [0.3, 0.4) is 0 Å². The second-order valence-electron chi connectivity index (χ2n) is 8.26. The molecule has 1 saturated heterocycles. The maximum atomic E-state index is 13.6. The summed E-state index contributed by atoms with van der Waals surface area (Å²) in [6.07, 6.45) is 6.61. The van der Waals surface area contributed by atoms with Gasteiger partial charge in [-0.2, -0.15) is 0 Å². The van der Waals surface area contributed by atoms with Crippen LogP contribution < -0.4 is 14.8 Å². The molecule has 0 spiro atoms. The number of rotatable bonds is 4. The van der Waals surface area contributed by atoms with Crippen LogP contribution >= 0.6 is 27.7 Å². The summed E-state index contributed by atoms with van der Waals surface area (Å²) < 4.78 is 11.9. The fourth-order valence-electron chi connectivity index (χ4n) is 4.55. The summed E-state index contributed by atoms with van der Waals surface area (Å²) in [4.78, 5) is 16.4. The van der Waals surface area contributed by atoms with Crippen molar-refractivity contribution in [2.24, 2.45) is 5.92 Å². The van der Waals surface area contributed by atoms with Crippen molar-refractivity contribution in [3.8, 4) is 11.5 Å². The van der Waals surface area contributed by atoms with E-state index in [1.165, 1.54) is 19.3 Å². The quantitative estimate of drug-likeness (QED) is 0.516. The Hall–Kier alpha value is -2.12. The average molecular weight is 501 g/mol. The third-order valence-electron chi connectivity index (χ3n) is 6.20. The van der Waals surface area contributed by atoms with Crippen LogP contribution in [-0.4, -0.2) is 29.1 Å². The predicted octanol–water partition coefficient (Wildman–Crippen LogP) is 6.07. The first-order valence-corrected chi connectivity index (χ1v) is 12.4. The molecule has 2 fully saturated rings. The van der Waals surface area contributed by atoms with Crippen molar-refractivity contribution in [2.75, 3.05) is 12.1 Å². The van der Waals surface area contributed by atoms with Gasteiger partial charge in [0.15, 0.2) is 17.0 Å². The number of ether oxygens (including phenoxy) is 2. The first-order chi connectivity index (χ1) is 15.1. The molecule has 1 unspecified atom stereocenters. The molecule has 3 aliphatic rings. The molecule has 1 saturated carbocycles. The molecule has 31 heavy (non-hydrogen) atoms. The van der Waals surface area contributed by atoms with Gasteiger partial charge < -0.3 is 19.7 Å². The third-order valence-corrected chi connectivity index (χ3v) is 8.00. The minimum Gasteiger partial charge on any atom is -0.454 e. The van der Waals surface area contributed by atoms with Gasteiger partial charge >= 0.3 is 0 Å². The smallest absolute Gasteiger partial charge is 0.262 e. The average Bonchev–Trinajstić information content (AvgIpc) is 3.34. The van der Waals surface area contributed by atoms with Gasteiger partial charge in [-0.15, -0.1) is 0 Å². The Morgan fingerprint density at radius 1 is 1.13 bits per heavy atom. The van der Waals surface area contributed by atoms with E-state index < -0.39 is 0 Å². The summed E-state index contributed by atoms with van der Waals surface area (Å²) in [6, 6.07) is 14.2. The molecule has 1 amide bonds. The molecule has 3 atom stereocenters. The predicted molar refractivity (Wildman–Crippen MR) is 128 cm³/mol. The Morgan fingerprint density at radius 2 is 1.87 bits per heavy atom. The molecule has 0 bridgehead atoms. The van der Waals surface area contributed by atoms with Gasteiger partial charge in [-0.1, -0.05) is 65.7 Å². The molecule has 0 radical (unpaired) electrons. The fourth-order valence-corrected chi connectivity index (χ4v) is 6.19. The van der Waals surface area contributed by atoms with Crippen LogP contribution in [0.15, 0.2) is 51.8 Å². The van der Waals surface area contributed by atoms with Gasteiger partial charge in [-0.3, -0.25) is 4.79 Å². The number of amides is 1. The Morgan fingerprint density at radius 3 is 2.65 bits per heavy atom. The second kappa shape index (κ2) is 8.79. The molecule has 0 aromatic heterocycles. The summed E-state index contributed by atoms with van der Waals surface area (Å²) in [5.41, 5.74) is 1.81. The van der Waals surface area contributed by atoms with Crippen LogP contribution in [0.1, 0.15) is 38.2 Å². The minimum atomic E-state index is -0.125. The lowest BCUT2D eigenvalue weighted by molar-refractivity contribution is -0.129. The number of para-hydroxylation sites is 1. The van der Waals surface area contributed by atoms with Crippen molar-refractivity contribution in [2.45, 2.75) is 44.1 Å². The number of fused-ring (bicyclic) bond motifs is 1. The number of nitrogens with one attached hydrogen (secondary N) is 1. The van der Waals surface area contributed by atoms with Crippen molar-refractivity contribution in [3.63, 3.8) is 0 Å². The highest BCUT2D eigenvalue weighted by Crippen LogP contribution is 2.44. The molecule has 2 heterocycles. The second-order valence-corrected chi connectivity index (χ2v) is 10.2. The highest BCUT2D eigenvalue weighted by atomic mass is 79.9. The summed E-state index contributed by atoms with van der Waals surface area (Å²) in [7, 11) is 0. The van der Waals surface area contributed by atoms with E-state index in [0.717, 1.165) is 32.8 Å². The molecule has 2 aliphatic heterocycles. The van der Waals surface area contributed by atoms with Gasteiger partial charge in [0.25, 0.3) is 5.91 Å². The number of hydrogen-bond donors (Lipinski definition) is 1. The van der Waals surface area contributed by atoms with E-state index >= 15 is 0 Å². The molecule has 162 valence electrons. The SMILES string of the molecule is C[C@@H]1CCCC[C@H]1N1C(=O)/C(=C/c2cc3c(cc2Br)OCO3)SC1Nc1ccccc1. The zero-order valence-corrected chi connectivity index (χ0v) is 19.7. The van der Waals surface area contributed by atoms with Crippen LogP contribution in [0.5, 0.6) is 11.5 Å². The lowest BCUT2D eigenvalue weighted by Gasteiger charge is -2.39. The monoisotopic (exact) mass is 500 g/mol. The van der Waals surface area contributed by atoms with Crippen molar-refractivity contribution in [3.05, 3.63) is 57.4 Å². The van der Waals surface area contributed by atoms with E-state index in [2.05, 4.69) is 33.1 Å². The highest BCUT2D eigenvalue weighted by Gasteiger charge is 2.43. The Bertz CT molecular complexity index is 1010. The lowest BCUT2D eigenvalue weighted by Crippen LogP contribution is -2.48. The summed E-state index contributed by atoms with van der Waals surface area (Å²) >= 11 is 5.21. The van der Waals surface area contributed by atoms with E-state index in [4.69, 9.17) is 9.47 Å². The van der Waals surface area contributed by atoms with Gasteiger partial charge in [-0.25, -0.2) is 0 Å². The summed E-state index contributed by atoms with van der Waals surface area (Å²) in [5, 5.41) is 3.58. The van der Waals surface area contributed by atoms with Crippen LogP contribution in [0.2, 0.25) is 0 Å². The van der Waals surface area contributed by atoms with Gasteiger partial charge in [0.05, 0.1) is 4.91 Å².